The van der Waals surface area contributed by atoms with Crippen LogP contribution in [0.25, 0.3) is 0 Å². The van der Waals surface area contributed by atoms with Gasteiger partial charge in [0.1, 0.15) is 5.76 Å². The summed E-state index contributed by atoms with van der Waals surface area (Å²) in [4.78, 5) is 12.3. The topological polar surface area (TPSA) is 92.5 Å². The van der Waals surface area contributed by atoms with Gasteiger partial charge in [0.2, 0.25) is 10.0 Å². The number of nitrogens with one attached hydrogen (secondary N) is 1. The fourth-order valence-corrected chi connectivity index (χ4v) is 2.92. The number of aryl methyl sites for hydroxylation is 2. The fraction of sp³-hybridized carbons (Fsp3) is 0.333. The van der Waals surface area contributed by atoms with Crippen molar-refractivity contribution in [1.82, 2.24) is 14.8 Å². The summed E-state index contributed by atoms with van der Waals surface area (Å²) in [7, 11) is -0.582. The van der Waals surface area contributed by atoms with E-state index in [0.29, 0.717) is 17.9 Å². The Balaban J connectivity index is 2.09. The molecule has 8 heteroatoms. The number of sulfonamides is 1. The number of carbonyl (C=O) groups is 1. The predicted molar refractivity (Wildman–Crippen MR) is 84.5 cm³/mol. The SMILES string of the molecule is Cc1noc(C)c1CNC(=O)c1ccc(S(=O)(=O)N(C)C)cc1. The lowest BCUT2D eigenvalue weighted by atomic mass is 10.2. The zero-order valence-electron chi connectivity index (χ0n) is 13.5. The quantitative estimate of drug-likeness (QED) is 0.892. The average molecular weight is 337 g/mol. The Kier molecular flexibility index (Phi) is 4.86. The maximum atomic E-state index is 12.1. The number of rotatable bonds is 5. The zero-order chi connectivity index (χ0) is 17.2. The van der Waals surface area contributed by atoms with Crippen LogP contribution < -0.4 is 5.32 Å². The van der Waals surface area contributed by atoms with E-state index < -0.39 is 10.0 Å². The summed E-state index contributed by atoms with van der Waals surface area (Å²) in [5, 5.41) is 6.59. The van der Waals surface area contributed by atoms with Gasteiger partial charge < -0.3 is 9.84 Å². The highest BCUT2D eigenvalue weighted by Crippen LogP contribution is 2.15. The molecule has 0 radical (unpaired) electrons. The van der Waals surface area contributed by atoms with Gasteiger partial charge in [-0.2, -0.15) is 0 Å². The number of benzene rings is 1. The van der Waals surface area contributed by atoms with Gasteiger partial charge in [0.25, 0.3) is 5.91 Å². The van der Waals surface area contributed by atoms with E-state index >= 15 is 0 Å². The highest BCUT2D eigenvalue weighted by atomic mass is 32.2. The Labute approximate surface area is 135 Å². The van der Waals surface area contributed by atoms with Crippen molar-refractivity contribution in [2.45, 2.75) is 25.3 Å². The Hall–Kier alpha value is -2.19. The molecule has 1 N–H and O–H groups in total. The van der Waals surface area contributed by atoms with Crippen molar-refractivity contribution < 1.29 is 17.7 Å². The number of hydrogen-bond donors (Lipinski definition) is 1. The summed E-state index contributed by atoms with van der Waals surface area (Å²) in [6.07, 6.45) is 0. The van der Waals surface area contributed by atoms with Crippen LogP contribution in [0.4, 0.5) is 0 Å². The van der Waals surface area contributed by atoms with Crippen molar-refractivity contribution in [2.75, 3.05) is 14.1 Å². The molecular weight excluding hydrogens is 318 g/mol. The Bertz CT molecular complexity index is 788. The molecule has 0 saturated heterocycles. The maximum Gasteiger partial charge on any atom is 0.251 e. The molecule has 2 aromatic rings. The van der Waals surface area contributed by atoms with E-state index in [1.165, 1.54) is 38.4 Å². The molecule has 0 bridgehead atoms. The first-order chi connectivity index (χ1) is 10.7. The zero-order valence-corrected chi connectivity index (χ0v) is 14.3. The Morgan fingerprint density at radius 1 is 1.22 bits per heavy atom. The fourth-order valence-electron chi connectivity index (χ4n) is 2.01. The van der Waals surface area contributed by atoms with E-state index in [2.05, 4.69) is 10.5 Å². The van der Waals surface area contributed by atoms with Crippen LogP contribution in [0.2, 0.25) is 0 Å². The second kappa shape index (κ2) is 6.51. The largest absolute Gasteiger partial charge is 0.361 e. The first-order valence-electron chi connectivity index (χ1n) is 6.96. The smallest absolute Gasteiger partial charge is 0.251 e. The van der Waals surface area contributed by atoms with Gasteiger partial charge in [-0.15, -0.1) is 0 Å². The number of hydrogen-bond acceptors (Lipinski definition) is 5. The molecule has 0 aliphatic rings. The summed E-state index contributed by atoms with van der Waals surface area (Å²) >= 11 is 0. The highest BCUT2D eigenvalue weighted by molar-refractivity contribution is 7.89. The highest BCUT2D eigenvalue weighted by Gasteiger charge is 2.17. The van der Waals surface area contributed by atoms with Crippen LogP contribution in [0.15, 0.2) is 33.7 Å². The lowest BCUT2D eigenvalue weighted by Gasteiger charge is -2.11. The lowest BCUT2D eigenvalue weighted by molar-refractivity contribution is 0.0950. The van der Waals surface area contributed by atoms with Gasteiger partial charge in [-0.3, -0.25) is 4.79 Å². The second-order valence-corrected chi connectivity index (χ2v) is 7.45. The molecule has 1 heterocycles. The van der Waals surface area contributed by atoms with Crippen molar-refractivity contribution in [3.05, 3.63) is 46.8 Å². The van der Waals surface area contributed by atoms with E-state index in [1.54, 1.807) is 13.8 Å². The third-order valence-corrected chi connectivity index (χ3v) is 5.33. The molecule has 23 heavy (non-hydrogen) atoms. The first-order valence-corrected chi connectivity index (χ1v) is 8.40. The van der Waals surface area contributed by atoms with E-state index in [4.69, 9.17) is 4.52 Å². The number of carbonyl (C=O) groups excluding carboxylic acids is 1. The van der Waals surface area contributed by atoms with Crippen LogP contribution in [-0.2, 0) is 16.6 Å². The molecule has 124 valence electrons. The third kappa shape index (κ3) is 3.59. The summed E-state index contributed by atoms with van der Waals surface area (Å²) in [5.41, 5.74) is 1.95. The average Bonchev–Trinajstić information content (AvgIpc) is 2.83. The van der Waals surface area contributed by atoms with Crippen LogP contribution in [0.1, 0.15) is 27.4 Å². The molecule has 0 spiro atoms. The molecule has 0 aliphatic heterocycles. The van der Waals surface area contributed by atoms with Crippen molar-refractivity contribution in [2.24, 2.45) is 0 Å². The molecule has 0 atom stereocenters. The molecule has 7 nitrogen and oxygen atoms in total. The van der Waals surface area contributed by atoms with Crippen molar-refractivity contribution in [1.29, 1.82) is 0 Å². The van der Waals surface area contributed by atoms with E-state index in [9.17, 15) is 13.2 Å². The number of aromatic nitrogens is 1. The van der Waals surface area contributed by atoms with E-state index in [-0.39, 0.29) is 10.8 Å². The van der Waals surface area contributed by atoms with Crippen molar-refractivity contribution in [3.8, 4) is 0 Å². The van der Waals surface area contributed by atoms with Gasteiger partial charge >= 0.3 is 0 Å². The van der Waals surface area contributed by atoms with E-state index in [1.807, 2.05) is 0 Å². The summed E-state index contributed by atoms with van der Waals surface area (Å²) in [6.45, 7) is 3.89. The molecule has 1 aromatic heterocycles. The minimum Gasteiger partial charge on any atom is -0.361 e. The number of nitrogens with zero attached hydrogens (tertiary/aromatic N) is 2. The number of amides is 1. The second-order valence-electron chi connectivity index (χ2n) is 5.30. The molecule has 0 aliphatic carbocycles. The van der Waals surface area contributed by atoms with Crippen LogP contribution in [0.3, 0.4) is 0 Å². The summed E-state index contributed by atoms with van der Waals surface area (Å²) < 4.78 is 30.1. The van der Waals surface area contributed by atoms with E-state index in [0.717, 1.165) is 15.6 Å². The maximum absolute atomic E-state index is 12.1. The van der Waals surface area contributed by atoms with Crippen LogP contribution in [0.5, 0.6) is 0 Å². The first kappa shape index (κ1) is 17.2. The van der Waals surface area contributed by atoms with Gasteiger partial charge in [0, 0.05) is 31.8 Å². The van der Waals surface area contributed by atoms with Gasteiger partial charge in [0.15, 0.2) is 0 Å². The van der Waals surface area contributed by atoms with Gasteiger partial charge in [-0.1, -0.05) is 5.16 Å². The Morgan fingerprint density at radius 2 is 1.83 bits per heavy atom. The minimum absolute atomic E-state index is 0.143. The molecule has 0 saturated carbocycles. The molecular formula is C15H19N3O4S. The third-order valence-electron chi connectivity index (χ3n) is 3.50. The van der Waals surface area contributed by atoms with Crippen LogP contribution in [0, 0.1) is 13.8 Å². The van der Waals surface area contributed by atoms with Crippen molar-refractivity contribution in [3.63, 3.8) is 0 Å². The predicted octanol–water partition coefficient (Wildman–Crippen LogP) is 1.47. The molecule has 1 amide bonds. The molecule has 0 unspecified atom stereocenters. The monoisotopic (exact) mass is 337 g/mol. The Morgan fingerprint density at radius 3 is 2.30 bits per heavy atom. The van der Waals surface area contributed by atoms with Crippen molar-refractivity contribution >= 4 is 15.9 Å². The van der Waals surface area contributed by atoms with Crippen LogP contribution >= 0.6 is 0 Å². The molecule has 0 fully saturated rings. The summed E-state index contributed by atoms with van der Waals surface area (Å²) in [6, 6.07) is 5.80. The minimum atomic E-state index is -3.50. The lowest BCUT2D eigenvalue weighted by Crippen LogP contribution is -2.24. The normalized spacial score (nSPS) is 11.7. The van der Waals surface area contributed by atoms with Gasteiger partial charge in [-0.05, 0) is 38.1 Å². The molecule has 1 aromatic carbocycles. The summed E-state index contributed by atoms with van der Waals surface area (Å²) in [5.74, 6) is 0.369. The van der Waals surface area contributed by atoms with Gasteiger partial charge in [-0.25, -0.2) is 12.7 Å². The molecule has 2 rings (SSSR count). The standard InChI is InChI=1S/C15H19N3O4S/c1-10-14(11(2)22-17-10)9-16-15(19)12-5-7-13(8-6-12)23(20,21)18(3)4/h5-8H,9H2,1-4H3,(H,16,19). The van der Waals surface area contributed by atoms with Gasteiger partial charge in [0.05, 0.1) is 10.6 Å². The van der Waals surface area contributed by atoms with Crippen LogP contribution in [-0.4, -0.2) is 37.9 Å².